The molecule has 0 amide bonds. The van der Waals surface area contributed by atoms with E-state index in [1.54, 1.807) is 18.3 Å². The Kier molecular flexibility index (Phi) is 4.63. The summed E-state index contributed by atoms with van der Waals surface area (Å²) in [6.45, 7) is 0. The SMILES string of the molecule is Fc1ccc2c(c1)-c1ccccc1C2(c1ccc(-c2ccccc2Cl)cc1)c1cccnc1. The molecule has 6 rings (SSSR count). The predicted molar refractivity (Wildman–Crippen MR) is 132 cm³/mol. The van der Waals surface area contributed by atoms with Gasteiger partial charge in [-0.15, -0.1) is 0 Å². The summed E-state index contributed by atoms with van der Waals surface area (Å²) in [4.78, 5) is 4.45. The second-order valence-electron chi connectivity index (χ2n) is 8.28. The lowest BCUT2D eigenvalue weighted by molar-refractivity contribution is 0.626. The molecule has 1 nitrogen and oxygen atoms in total. The van der Waals surface area contributed by atoms with Crippen molar-refractivity contribution in [2.45, 2.75) is 5.41 Å². The van der Waals surface area contributed by atoms with Crippen molar-refractivity contribution in [2.75, 3.05) is 0 Å². The third kappa shape index (κ3) is 2.95. The normalized spacial score (nSPS) is 16.3. The zero-order chi connectivity index (χ0) is 22.4. The van der Waals surface area contributed by atoms with E-state index >= 15 is 0 Å². The van der Waals surface area contributed by atoms with Crippen LogP contribution in [0, 0.1) is 5.82 Å². The van der Waals surface area contributed by atoms with E-state index in [4.69, 9.17) is 11.6 Å². The molecular formula is C30H19ClFN. The third-order valence-electron chi connectivity index (χ3n) is 6.60. The van der Waals surface area contributed by atoms with E-state index in [1.807, 2.05) is 54.7 Å². The summed E-state index contributed by atoms with van der Waals surface area (Å²) in [6.07, 6.45) is 3.70. The molecular weight excluding hydrogens is 429 g/mol. The summed E-state index contributed by atoms with van der Waals surface area (Å²) in [5, 5.41) is 0.722. The minimum absolute atomic E-state index is 0.236. The Balaban J connectivity index is 1.65. The molecule has 0 fully saturated rings. The van der Waals surface area contributed by atoms with Gasteiger partial charge in [0, 0.05) is 23.0 Å². The van der Waals surface area contributed by atoms with Gasteiger partial charge in [0.15, 0.2) is 0 Å². The molecule has 0 saturated carbocycles. The van der Waals surface area contributed by atoms with Crippen LogP contribution in [0.25, 0.3) is 22.3 Å². The van der Waals surface area contributed by atoms with E-state index in [1.165, 1.54) is 0 Å². The third-order valence-corrected chi connectivity index (χ3v) is 6.93. The maximum Gasteiger partial charge on any atom is 0.123 e. The zero-order valence-corrected chi connectivity index (χ0v) is 18.4. The predicted octanol–water partition coefficient (Wildman–Crippen LogP) is 7.90. The van der Waals surface area contributed by atoms with E-state index in [0.717, 1.165) is 49.5 Å². The van der Waals surface area contributed by atoms with Gasteiger partial charge >= 0.3 is 0 Å². The second-order valence-corrected chi connectivity index (χ2v) is 8.69. The Hall–Kier alpha value is -3.75. The number of fused-ring (bicyclic) bond motifs is 3. The van der Waals surface area contributed by atoms with E-state index in [2.05, 4.69) is 47.4 Å². The van der Waals surface area contributed by atoms with Crippen molar-refractivity contribution in [3.8, 4) is 22.3 Å². The van der Waals surface area contributed by atoms with Crippen LogP contribution in [0.5, 0.6) is 0 Å². The van der Waals surface area contributed by atoms with Gasteiger partial charge in [-0.25, -0.2) is 4.39 Å². The molecule has 1 atom stereocenters. The first kappa shape index (κ1) is 19.9. The standard InChI is InChI=1S/C30H19ClFN/c31-29-10-4-2-7-24(29)20-11-13-21(14-12-20)30(22-6-5-17-33-19-22)27-9-3-1-8-25(27)26-18-23(32)15-16-28(26)30/h1-19H. The lowest BCUT2D eigenvalue weighted by Crippen LogP contribution is -2.28. The van der Waals surface area contributed by atoms with Gasteiger partial charge in [0.2, 0.25) is 0 Å². The highest BCUT2D eigenvalue weighted by molar-refractivity contribution is 6.33. The van der Waals surface area contributed by atoms with Crippen molar-refractivity contribution < 1.29 is 4.39 Å². The highest BCUT2D eigenvalue weighted by Crippen LogP contribution is 2.56. The molecule has 1 aromatic heterocycles. The quantitative estimate of drug-likeness (QED) is 0.268. The Morgan fingerprint density at radius 1 is 0.636 bits per heavy atom. The summed E-state index contributed by atoms with van der Waals surface area (Å²) in [5.41, 5.74) is 7.76. The zero-order valence-electron chi connectivity index (χ0n) is 17.7. The van der Waals surface area contributed by atoms with E-state index < -0.39 is 5.41 Å². The molecule has 0 bridgehead atoms. The molecule has 0 saturated heterocycles. The summed E-state index contributed by atoms with van der Waals surface area (Å²) < 4.78 is 14.4. The molecule has 1 aliphatic rings. The van der Waals surface area contributed by atoms with Crippen molar-refractivity contribution in [1.29, 1.82) is 0 Å². The van der Waals surface area contributed by atoms with Crippen LogP contribution in [0.3, 0.4) is 0 Å². The molecule has 1 heterocycles. The molecule has 0 N–H and O–H groups in total. The van der Waals surface area contributed by atoms with Crippen molar-refractivity contribution in [3.05, 3.63) is 149 Å². The van der Waals surface area contributed by atoms with E-state index in [0.29, 0.717) is 0 Å². The maximum atomic E-state index is 14.4. The molecule has 1 unspecified atom stereocenters. The summed E-state index contributed by atoms with van der Waals surface area (Å²) in [6, 6.07) is 33.8. The first-order chi connectivity index (χ1) is 16.2. The lowest BCUT2D eigenvalue weighted by Gasteiger charge is -2.33. The first-order valence-electron chi connectivity index (χ1n) is 10.9. The van der Waals surface area contributed by atoms with Crippen LogP contribution >= 0.6 is 11.6 Å². The summed E-state index contributed by atoms with van der Waals surface area (Å²) >= 11 is 6.45. The number of pyridine rings is 1. The molecule has 5 aromatic rings. The minimum Gasteiger partial charge on any atom is -0.264 e. The fourth-order valence-corrected chi connectivity index (χ4v) is 5.47. The molecule has 0 radical (unpaired) electrons. The number of hydrogen-bond donors (Lipinski definition) is 0. The van der Waals surface area contributed by atoms with Crippen molar-refractivity contribution in [2.24, 2.45) is 0 Å². The molecule has 1 aliphatic carbocycles. The second kappa shape index (κ2) is 7.68. The molecule has 0 spiro atoms. The highest BCUT2D eigenvalue weighted by Gasteiger charge is 2.46. The van der Waals surface area contributed by atoms with Gasteiger partial charge in [0.25, 0.3) is 0 Å². The first-order valence-corrected chi connectivity index (χ1v) is 11.2. The number of benzene rings is 4. The number of halogens is 2. The Bertz CT molecular complexity index is 1480. The van der Waals surface area contributed by atoms with Gasteiger partial charge in [-0.2, -0.15) is 0 Å². The Morgan fingerprint density at radius 3 is 2.12 bits per heavy atom. The van der Waals surface area contributed by atoms with Crippen molar-refractivity contribution in [3.63, 3.8) is 0 Å². The summed E-state index contributed by atoms with van der Waals surface area (Å²) in [7, 11) is 0. The molecule has 4 aromatic carbocycles. The van der Waals surface area contributed by atoms with Crippen LogP contribution in [0.1, 0.15) is 22.3 Å². The fraction of sp³-hybridized carbons (Fsp3) is 0.0333. The average Bonchev–Trinajstić information content (AvgIpc) is 3.15. The van der Waals surface area contributed by atoms with E-state index in [9.17, 15) is 4.39 Å². The highest BCUT2D eigenvalue weighted by atomic mass is 35.5. The monoisotopic (exact) mass is 447 g/mol. The van der Waals surface area contributed by atoms with Crippen LogP contribution in [0.15, 0.2) is 116 Å². The van der Waals surface area contributed by atoms with Crippen LogP contribution in [0.4, 0.5) is 4.39 Å². The minimum atomic E-state index is -0.590. The molecule has 158 valence electrons. The number of nitrogens with zero attached hydrogens (tertiary/aromatic N) is 1. The largest absolute Gasteiger partial charge is 0.264 e. The fourth-order valence-electron chi connectivity index (χ4n) is 5.22. The van der Waals surface area contributed by atoms with Crippen molar-refractivity contribution >= 4 is 11.6 Å². The maximum absolute atomic E-state index is 14.4. The van der Waals surface area contributed by atoms with Crippen LogP contribution in [-0.4, -0.2) is 4.98 Å². The van der Waals surface area contributed by atoms with Gasteiger partial charge in [-0.1, -0.05) is 90.5 Å². The topological polar surface area (TPSA) is 12.9 Å². The van der Waals surface area contributed by atoms with Gasteiger partial charge in [-0.05, 0) is 63.2 Å². The average molecular weight is 448 g/mol. The van der Waals surface area contributed by atoms with Crippen LogP contribution in [0.2, 0.25) is 5.02 Å². The molecule has 0 aliphatic heterocycles. The van der Waals surface area contributed by atoms with Gasteiger partial charge in [0.05, 0.1) is 5.41 Å². The van der Waals surface area contributed by atoms with Gasteiger partial charge in [-0.3, -0.25) is 4.98 Å². The number of aromatic nitrogens is 1. The van der Waals surface area contributed by atoms with Gasteiger partial charge < -0.3 is 0 Å². The van der Waals surface area contributed by atoms with Gasteiger partial charge in [0.1, 0.15) is 5.82 Å². The summed E-state index contributed by atoms with van der Waals surface area (Å²) in [5.74, 6) is -0.236. The number of rotatable bonds is 3. The molecule has 33 heavy (non-hydrogen) atoms. The van der Waals surface area contributed by atoms with Crippen LogP contribution in [-0.2, 0) is 5.41 Å². The molecule has 3 heteroatoms. The Morgan fingerprint density at radius 2 is 1.36 bits per heavy atom. The van der Waals surface area contributed by atoms with Crippen LogP contribution < -0.4 is 0 Å². The van der Waals surface area contributed by atoms with Crippen molar-refractivity contribution in [1.82, 2.24) is 4.98 Å². The lowest BCUT2D eigenvalue weighted by atomic mass is 9.68. The smallest absolute Gasteiger partial charge is 0.123 e. The Labute approximate surface area is 197 Å². The number of hydrogen-bond acceptors (Lipinski definition) is 1. The van der Waals surface area contributed by atoms with E-state index in [-0.39, 0.29) is 5.82 Å².